The van der Waals surface area contributed by atoms with Crippen LogP contribution in [0.25, 0.3) is 11.0 Å². The van der Waals surface area contributed by atoms with Gasteiger partial charge < -0.3 is 9.15 Å². The molecule has 0 aliphatic heterocycles. The minimum Gasteiger partial charge on any atom is -0.486 e. The van der Waals surface area contributed by atoms with Crippen molar-refractivity contribution in [2.75, 3.05) is 0 Å². The summed E-state index contributed by atoms with van der Waals surface area (Å²) >= 11 is 24.6. The van der Waals surface area contributed by atoms with Crippen LogP contribution < -0.4 is 10.2 Å². The number of carbonyl (C=O) groups is 1. The number of amides is 1. The molecule has 3 aromatic carbocycles. The average molecular weight is 508 g/mol. The number of hydrogen-bond acceptors (Lipinski definition) is 4. The number of hydrogen-bond donors (Lipinski definition) is 1. The Hall–Kier alpha value is -2.70. The van der Waals surface area contributed by atoms with Crippen LogP contribution in [-0.4, -0.2) is 12.1 Å². The van der Waals surface area contributed by atoms with Crippen molar-refractivity contribution in [3.05, 3.63) is 97.6 Å². The Morgan fingerprint density at radius 2 is 1.69 bits per heavy atom. The highest BCUT2D eigenvalue weighted by Crippen LogP contribution is 2.35. The smallest absolute Gasteiger partial charge is 0.307 e. The molecule has 0 aliphatic carbocycles. The van der Waals surface area contributed by atoms with Crippen molar-refractivity contribution in [1.82, 2.24) is 5.43 Å². The zero-order valence-electron chi connectivity index (χ0n) is 16.2. The summed E-state index contributed by atoms with van der Waals surface area (Å²) in [5, 5.41) is 6.25. The van der Waals surface area contributed by atoms with Crippen molar-refractivity contribution >= 4 is 69.5 Å². The molecule has 0 aliphatic rings. The number of hydrazone groups is 1. The predicted octanol–water partition coefficient (Wildman–Crippen LogP) is 7.39. The highest BCUT2D eigenvalue weighted by Gasteiger charge is 2.12. The first-order valence-electron chi connectivity index (χ1n) is 9.28. The van der Waals surface area contributed by atoms with Crippen LogP contribution in [0.3, 0.4) is 0 Å². The summed E-state index contributed by atoms with van der Waals surface area (Å²) in [6.07, 6.45) is 1.42. The molecule has 1 aromatic heterocycles. The summed E-state index contributed by atoms with van der Waals surface area (Å²) < 4.78 is 11.2. The minimum absolute atomic E-state index is 0.158. The van der Waals surface area contributed by atoms with Gasteiger partial charge in [0.25, 0.3) is 0 Å². The second-order valence-corrected chi connectivity index (χ2v) is 8.33. The maximum atomic E-state index is 12.2. The SMILES string of the molecule is O=C(N/N=C/c1cc(Cl)c(OCc2ccc(Cl)c(Cl)c2)c(Cl)c1)c1cc2ccccc2o1. The number of furan rings is 1. The largest absolute Gasteiger partial charge is 0.486 e. The second-order valence-electron chi connectivity index (χ2n) is 6.70. The normalized spacial score (nSPS) is 11.2. The fourth-order valence-corrected chi connectivity index (χ4v) is 3.82. The second kappa shape index (κ2) is 9.84. The van der Waals surface area contributed by atoms with Crippen molar-refractivity contribution in [2.45, 2.75) is 6.61 Å². The van der Waals surface area contributed by atoms with E-state index in [0.717, 1.165) is 10.9 Å². The zero-order chi connectivity index (χ0) is 22.7. The number of carbonyl (C=O) groups excluding carboxylic acids is 1. The summed E-state index contributed by atoms with van der Waals surface area (Å²) in [5.41, 5.74) is 4.42. The molecule has 0 bridgehead atoms. The van der Waals surface area contributed by atoms with E-state index in [1.807, 2.05) is 18.2 Å². The van der Waals surface area contributed by atoms with Gasteiger partial charge in [-0.3, -0.25) is 4.79 Å². The van der Waals surface area contributed by atoms with E-state index in [2.05, 4.69) is 10.5 Å². The number of rotatable bonds is 6. The first-order valence-corrected chi connectivity index (χ1v) is 10.8. The van der Waals surface area contributed by atoms with Gasteiger partial charge in [0.05, 0.1) is 26.3 Å². The number of para-hydroxylation sites is 1. The maximum Gasteiger partial charge on any atom is 0.307 e. The Balaban J connectivity index is 1.41. The summed E-state index contributed by atoms with van der Waals surface area (Å²) in [7, 11) is 0. The Kier molecular flexibility index (Phi) is 6.92. The molecule has 0 saturated heterocycles. The molecule has 0 atom stereocenters. The van der Waals surface area contributed by atoms with Crippen LogP contribution in [0.4, 0.5) is 0 Å². The van der Waals surface area contributed by atoms with Gasteiger partial charge in [0, 0.05) is 5.39 Å². The van der Waals surface area contributed by atoms with Gasteiger partial charge in [-0.05, 0) is 47.5 Å². The predicted molar refractivity (Wildman–Crippen MR) is 129 cm³/mol. The third kappa shape index (κ3) is 5.19. The van der Waals surface area contributed by atoms with Crippen LogP contribution >= 0.6 is 46.4 Å². The van der Waals surface area contributed by atoms with Gasteiger partial charge >= 0.3 is 5.91 Å². The number of nitrogens with one attached hydrogen (secondary N) is 1. The van der Waals surface area contributed by atoms with Gasteiger partial charge in [-0.1, -0.05) is 70.7 Å². The molecule has 5 nitrogen and oxygen atoms in total. The van der Waals surface area contributed by atoms with E-state index < -0.39 is 5.91 Å². The quantitative estimate of drug-likeness (QED) is 0.218. The zero-order valence-corrected chi connectivity index (χ0v) is 19.3. The molecule has 1 heterocycles. The first-order chi connectivity index (χ1) is 15.4. The van der Waals surface area contributed by atoms with Gasteiger partial charge in [-0.25, -0.2) is 5.43 Å². The number of ether oxygens (including phenoxy) is 1. The molecule has 4 rings (SSSR count). The molecule has 162 valence electrons. The van der Waals surface area contributed by atoms with E-state index in [1.165, 1.54) is 6.21 Å². The van der Waals surface area contributed by atoms with Crippen molar-refractivity contribution in [2.24, 2.45) is 5.10 Å². The third-order valence-corrected chi connectivity index (χ3v) is 5.72. The standard InChI is InChI=1S/C23H14Cl4N2O3/c24-16-6-5-13(7-17(16)25)12-31-22-18(26)8-14(9-19(22)27)11-28-29-23(30)21-10-15-3-1-2-4-20(15)32-21/h1-11H,12H2,(H,29,30)/b28-11+. The highest BCUT2D eigenvalue weighted by atomic mass is 35.5. The summed E-state index contributed by atoms with van der Waals surface area (Å²) in [4.78, 5) is 12.2. The van der Waals surface area contributed by atoms with Gasteiger partial charge in [0.15, 0.2) is 11.5 Å². The van der Waals surface area contributed by atoms with E-state index in [1.54, 1.807) is 42.5 Å². The van der Waals surface area contributed by atoms with Crippen LogP contribution in [0.1, 0.15) is 21.7 Å². The lowest BCUT2D eigenvalue weighted by atomic mass is 10.2. The molecule has 0 fully saturated rings. The molecule has 0 unspecified atom stereocenters. The molecular formula is C23H14Cl4N2O3. The summed E-state index contributed by atoms with van der Waals surface area (Å²) in [6, 6.07) is 17.4. The number of halogens is 4. The lowest BCUT2D eigenvalue weighted by Gasteiger charge is -2.11. The van der Waals surface area contributed by atoms with E-state index >= 15 is 0 Å². The molecule has 9 heteroatoms. The molecule has 1 N–H and O–H groups in total. The Bertz CT molecular complexity index is 1280. The molecule has 0 spiro atoms. The Morgan fingerprint density at radius 1 is 0.938 bits per heavy atom. The van der Waals surface area contributed by atoms with Crippen LogP contribution in [-0.2, 0) is 6.61 Å². The Morgan fingerprint density at radius 3 is 2.41 bits per heavy atom. The van der Waals surface area contributed by atoms with Crippen molar-refractivity contribution in [3.63, 3.8) is 0 Å². The van der Waals surface area contributed by atoms with E-state index in [4.69, 9.17) is 55.6 Å². The van der Waals surface area contributed by atoms with Crippen LogP contribution in [0.5, 0.6) is 5.75 Å². The van der Waals surface area contributed by atoms with E-state index in [-0.39, 0.29) is 12.4 Å². The van der Waals surface area contributed by atoms with Crippen LogP contribution in [0.15, 0.2) is 70.2 Å². The molecule has 0 saturated carbocycles. The molecule has 32 heavy (non-hydrogen) atoms. The van der Waals surface area contributed by atoms with Gasteiger partial charge in [-0.15, -0.1) is 0 Å². The lowest BCUT2D eigenvalue weighted by Crippen LogP contribution is -2.16. The van der Waals surface area contributed by atoms with Gasteiger partial charge in [-0.2, -0.15) is 5.10 Å². The summed E-state index contributed by atoms with van der Waals surface area (Å²) in [6.45, 7) is 0.206. The van der Waals surface area contributed by atoms with Gasteiger partial charge in [0.1, 0.15) is 12.2 Å². The lowest BCUT2D eigenvalue weighted by molar-refractivity contribution is 0.0929. The maximum absolute atomic E-state index is 12.2. The third-order valence-electron chi connectivity index (χ3n) is 4.42. The van der Waals surface area contributed by atoms with Gasteiger partial charge in [0.2, 0.25) is 0 Å². The van der Waals surface area contributed by atoms with Crippen LogP contribution in [0, 0.1) is 0 Å². The van der Waals surface area contributed by atoms with Crippen LogP contribution in [0.2, 0.25) is 20.1 Å². The first kappa shape index (κ1) is 22.5. The highest BCUT2D eigenvalue weighted by molar-refractivity contribution is 6.42. The van der Waals surface area contributed by atoms with Crippen molar-refractivity contribution in [3.8, 4) is 5.75 Å². The number of nitrogens with zero attached hydrogens (tertiary/aromatic N) is 1. The van der Waals surface area contributed by atoms with Crippen molar-refractivity contribution < 1.29 is 13.9 Å². The minimum atomic E-state index is -0.476. The number of benzene rings is 3. The summed E-state index contributed by atoms with van der Waals surface area (Å²) in [5.74, 6) is 0.00422. The average Bonchev–Trinajstić information content (AvgIpc) is 3.20. The topological polar surface area (TPSA) is 63.8 Å². The molecule has 0 radical (unpaired) electrons. The van der Waals surface area contributed by atoms with E-state index in [0.29, 0.717) is 37.0 Å². The fourth-order valence-electron chi connectivity index (χ4n) is 2.89. The molecular weight excluding hydrogens is 494 g/mol. The Labute approximate surface area is 203 Å². The van der Waals surface area contributed by atoms with E-state index in [9.17, 15) is 4.79 Å². The molecule has 1 amide bonds. The number of fused-ring (bicyclic) bond motifs is 1. The molecule has 4 aromatic rings. The van der Waals surface area contributed by atoms with Crippen molar-refractivity contribution in [1.29, 1.82) is 0 Å². The monoisotopic (exact) mass is 506 g/mol. The fraction of sp³-hybridized carbons (Fsp3) is 0.0435.